The summed E-state index contributed by atoms with van der Waals surface area (Å²) >= 11 is 6.45. The van der Waals surface area contributed by atoms with E-state index in [0.717, 1.165) is 28.5 Å². The first kappa shape index (κ1) is 18.1. The van der Waals surface area contributed by atoms with Crippen molar-refractivity contribution in [1.29, 1.82) is 0 Å². The minimum absolute atomic E-state index is 0.249. The fourth-order valence-corrected chi connectivity index (χ4v) is 2.69. The standard InChI is InChI=1S/C17H28ClNO2/c1-5-8-9-10-15(19-4)13-11-16(20-6-2)17(21-7-3)12-14(13)18/h11-12,15,19H,5-10H2,1-4H3. The van der Waals surface area contributed by atoms with E-state index in [9.17, 15) is 0 Å². The van der Waals surface area contributed by atoms with Crippen molar-refractivity contribution in [2.45, 2.75) is 52.5 Å². The molecule has 1 rings (SSSR count). The number of hydrogen-bond donors (Lipinski definition) is 1. The summed E-state index contributed by atoms with van der Waals surface area (Å²) in [5.74, 6) is 1.49. The Morgan fingerprint density at radius 1 is 1.05 bits per heavy atom. The van der Waals surface area contributed by atoms with Gasteiger partial charge in [-0.1, -0.05) is 37.8 Å². The number of unbranched alkanes of at least 4 members (excludes halogenated alkanes) is 2. The topological polar surface area (TPSA) is 30.5 Å². The summed E-state index contributed by atoms with van der Waals surface area (Å²) in [6.45, 7) is 7.36. The van der Waals surface area contributed by atoms with Gasteiger partial charge in [-0.3, -0.25) is 0 Å². The maximum absolute atomic E-state index is 6.45. The first-order chi connectivity index (χ1) is 10.2. The highest BCUT2D eigenvalue weighted by Crippen LogP contribution is 2.37. The number of ether oxygens (including phenoxy) is 2. The third kappa shape index (κ3) is 5.40. The second kappa shape index (κ2) is 9.91. The van der Waals surface area contributed by atoms with Crippen LogP contribution in [0.1, 0.15) is 58.1 Å². The summed E-state index contributed by atoms with van der Waals surface area (Å²) in [6.07, 6.45) is 4.72. The van der Waals surface area contributed by atoms with Crippen molar-refractivity contribution in [3.05, 3.63) is 22.7 Å². The number of nitrogens with one attached hydrogen (secondary N) is 1. The van der Waals surface area contributed by atoms with Crippen LogP contribution in [-0.2, 0) is 0 Å². The zero-order valence-corrected chi connectivity index (χ0v) is 14.4. The van der Waals surface area contributed by atoms with Crippen LogP contribution < -0.4 is 14.8 Å². The van der Waals surface area contributed by atoms with Gasteiger partial charge in [0.25, 0.3) is 0 Å². The number of halogens is 1. The third-order valence-corrected chi connectivity index (χ3v) is 3.81. The van der Waals surface area contributed by atoms with Crippen LogP contribution in [0.5, 0.6) is 11.5 Å². The Morgan fingerprint density at radius 2 is 1.67 bits per heavy atom. The number of benzene rings is 1. The molecule has 0 aliphatic heterocycles. The molecule has 1 aromatic rings. The summed E-state index contributed by atoms with van der Waals surface area (Å²) in [4.78, 5) is 0. The zero-order valence-electron chi connectivity index (χ0n) is 13.7. The highest BCUT2D eigenvalue weighted by atomic mass is 35.5. The van der Waals surface area contributed by atoms with Gasteiger partial charge in [0, 0.05) is 17.1 Å². The maximum atomic E-state index is 6.45. The van der Waals surface area contributed by atoms with E-state index >= 15 is 0 Å². The molecule has 0 radical (unpaired) electrons. The first-order valence-corrected chi connectivity index (χ1v) is 8.31. The second-order valence-corrected chi connectivity index (χ2v) is 5.43. The summed E-state index contributed by atoms with van der Waals surface area (Å²) < 4.78 is 11.3. The van der Waals surface area contributed by atoms with Crippen molar-refractivity contribution in [2.24, 2.45) is 0 Å². The minimum Gasteiger partial charge on any atom is -0.490 e. The fraction of sp³-hybridized carbons (Fsp3) is 0.647. The molecule has 0 saturated heterocycles. The molecule has 0 amide bonds. The van der Waals surface area contributed by atoms with Crippen LogP contribution in [-0.4, -0.2) is 20.3 Å². The lowest BCUT2D eigenvalue weighted by Crippen LogP contribution is -2.17. The summed E-state index contributed by atoms with van der Waals surface area (Å²) in [6, 6.07) is 4.14. The molecule has 1 aromatic carbocycles. The van der Waals surface area contributed by atoms with Gasteiger partial charge in [0.1, 0.15) is 0 Å². The summed E-state index contributed by atoms with van der Waals surface area (Å²) in [5, 5.41) is 4.09. The molecule has 0 heterocycles. The average molecular weight is 314 g/mol. The minimum atomic E-state index is 0.249. The molecule has 0 bridgehead atoms. The van der Waals surface area contributed by atoms with Gasteiger partial charge in [0.2, 0.25) is 0 Å². The van der Waals surface area contributed by atoms with Crippen molar-refractivity contribution >= 4 is 11.6 Å². The van der Waals surface area contributed by atoms with Gasteiger partial charge in [-0.2, -0.15) is 0 Å². The van der Waals surface area contributed by atoms with Crippen molar-refractivity contribution in [1.82, 2.24) is 5.32 Å². The monoisotopic (exact) mass is 313 g/mol. The largest absolute Gasteiger partial charge is 0.490 e. The molecule has 0 spiro atoms. The smallest absolute Gasteiger partial charge is 0.162 e. The van der Waals surface area contributed by atoms with Gasteiger partial charge in [0.15, 0.2) is 11.5 Å². The van der Waals surface area contributed by atoms with Crippen LogP contribution in [0.3, 0.4) is 0 Å². The molecule has 4 heteroatoms. The molecule has 0 aliphatic rings. The van der Waals surface area contributed by atoms with Crippen LogP contribution in [0.2, 0.25) is 5.02 Å². The second-order valence-electron chi connectivity index (χ2n) is 5.02. The van der Waals surface area contributed by atoms with Crippen molar-refractivity contribution < 1.29 is 9.47 Å². The van der Waals surface area contributed by atoms with Crippen LogP contribution in [0, 0.1) is 0 Å². The molecule has 1 N–H and O–H groups in total. The van der Waals surface area contributed by atoms with E-state index in [-0.39, 0.29) is 6.04 Å². The highest BCUT2D eigenvalue weighted by molar-refractivity contribution is 6.31. The van der Waals surface area contributed by atoms with Gasteiger partial charge in [-0.05, 0) is 38.9 Å². The molecular formula is C17H28ClNO2. The Kier molecular flexibility index (Phi) is 8.55. The lowest BCUT2D eigenvalue weighted by Gasteiger charge is -2.20. The molecule has 1 atom stereocenters. The molecule has 3 nitrogen and oxygen atoms in total. The van der Waals surface area contributed by atoms with E-state index in [1.165, 1.54) is 19.3 Å². The molecular weight excluding hydrogens is 286 g/mol. The Labute approximate surface area is 134 Å². The lowest BCUT2D eigenvalue weighted by molar-refractivity contribution is 0.287. The molecule has 0 saturated carbocycles. The molecule has 0 aliphatic carbocycles. The Bertz CT molecular complexity index is 423. The van der Waals surface area contributed by atoms with E-state index in [0.29, 0.717) is 13.2 Å². The maximum Gasteiger partial charge on any atom is 0.162 e. The predicted octanol–water partition coefficient (Wildman–Crippen LogP) is 4.98. The van der Waals surface area contributed by atoms with Crippen molar-refractivity contribution in [2.75, 3.05) is 20.3 Å². The molecule has 21 heavy (non-hydrogen) atoms. The van der Waals surface area contributed by atoms with E-state index in [2.05, 4.69) is 12.2 Å². The van der Waals surface area contributed by atoms with E-state index in [1.54, 1.807) is 0 Å². The summed E-state index contributed by atoms with van der Waals surface area (Å²) in [7, 11) is 1.98. The third-order valence-electron chi connectivity index (χ3n) is 3.48. The predicted molar refractivity (Wildman–Crippen MR) is 89.7 cm³/mol. The van der Waals surface area contributed by atoms with Crippen LogP contribution >= 0.6 is 11.6 Å². The van der Waals surface area contributed by atoms with Gasteiger partial charge in [-0.15, -0.1) is 0 Å². The average Bonchev–Trinajstić information content (AvgIpc) is 2.47. The lowest BCUT2D eigenvalue weighted by atomic mass is 10.00. The Morgan fingerprint density at radius 3 is 2.19 bits per heavy atom. The van der Waals surface area contributed by atoms with Crippen LogP contribution in [0.4, 0.5) is 0 Å². The Hall–Kier alpha value is -0.930. The quantitative estimate of drug-likeness (QED) is 0.618. The fourth-order valence-electron chi connectivity index (χ4n) is 2.41. The van der Waals surface area contributed by atoms with Crippen LogP contribution in [0.25, 0.3) is 0 Å². The normalized spacial score (nSPS) is 12.2. The molecule has 1 unspecified atom stereocenters. The van der Waals surface area contributed by atoms with Gasteiger partial charge in [0.05, 0.1) is 13.2 Å². The first-order valence-electron chi connectivity index (χ1n) is 7.94. The molecule has 120 valence electrons. The van der Waals surface area contributed by atoms with Gasteiger partial charge < -0.3 is 14.8 Å². The summed E-state index contributed by atoms with van der Waals surface area (Å²) in [5.41, 5.74) is 1.09. The zero-order chi connectivity index (χ0) is 15.7. The van der Waals surface area contributed by atoms with Gasteiger partial charge in [-0.25, -0.2) is 0 Å². The number of hydrogen-bond acceptors (Lipinski definition) is 3. The van der Waals surface area contributed by atoms with E-state index < -0.39 is 0 Å². The molecule has 0 aromatic heterocycles. The number of rotatable bonds is 10. The van der Waals surface area contributed by atoms with E-state index in [1.807, 2.05) is 33.0 Å². The van der Waals surface area contributed by atoms with Gasteiger partial charge >= 0.3 is 0 Å². The van der Waals surface area contributed by atoms with E-state index in [4.69, 9.17) is 21.1 Å². The van der Waals surface area contributed by atoms with Crippen molar-refractivity contribution in [3.63, 3.8) is 0 Å². The van der Waals surface area contributed by atoms with Crippen LogP contribution in [0.15, 0.2) is 12.1 Å². The SMILES string of the molecule is CCCCCC(NC)c1cc(OCC)c(OCC)cc1Cl. The highest BCUT2D eigenvalue weighted by Gasteiger charge is 2.17. The molecule has 0 fully saturated rings. The Balaban J connectivity index is 3.00. The van der Waals surface area contributed by atoms with Crippen molar-refractivity contribution in [3.8, 4) is 11.5 Å².